The lowest BCUT2D eigenvalue weighted by atomic mass is 9.93. The molecule has 1 fully saturated rings. The molecule has 2 aliphatic carbocycles. The van der Waals surface area contributed by atoms with Crippen molar-refractivity contribution in [2.24, 2.45) is 17.8 Å². The van der Waals surface area contributed by atoms with Crippen LogP contribution in [0.5, 0.6) is 0 Å². The van der Waals surface area contributed by atoms with Gasteiger partial charge in [0.1, 0.15) is 22.0 Å². The molecule has 1 saturated carbocycles. The number of anilines is 1. The molecule has 0 radical (unpaired) electrons. The molecular weight excluding hydrogens is 390 g/mol. The molecule has 0 aliphatic heterocycles. The van der Waals surface area contributed by atoms with Crippen LogP contribution in [-0.4, -0.2) is 27.4 Å². The molecular formula is C20H21N5OS2. The number of carbonyl (C=O) groups is 1. The van der Waals surface area contributed by atoms with E-state index >= 15 is 0 Å². The lowest BCUT2D eigenvalue weighted by molar-refractivity contribution is 0.0954. The molecule has 5 rings (SSSR count). The fourth-order valence-electron chi connectivity index (χ4n) is 4.36. The summed E-state index contributed by atoms with van der Waals surface area (Å²) in [7, 11) is 0. The third kappa shape index (κ3) is 3.20. The van der Waals surface area contributed by atoms with E-state index in [-0.39, 0.29) is 5.91 Å². The summed E-state index contributed by atoms with van der Waals surface area (Å²) in [5, 5.41) is 10.3. The van der Waals surface area contributed by atoms with Crippen LogP contribution in [0, 0.1) is 24.7 Å². The maximum absolute atomic E-state index is 12.7. The van der Waals surface area contributed by atoms with Gasteiger partial charge in [-0.25, -0.2) is 15.0 Å². The van der Waals surface area contributed by atoms with Crippen LogP contribution in [0.25, 0.3) is 10.2 Å². The van der Waals surface area contributed by atoms with E-state index in [1.165, 1.54) is 35.5 Å². The van der Waals surface area contributed by atoms with Gasteiger partial charge in [0.05, 0.1) is 16.8 Å². The second-order valence-electron chi connectivity index (χ2n) is 7.49. The number of thiazole rings is 1. The number of hydrogen-bond donors (Lipinski definition) is 2. The first kappa shape index (κ1) is 17.8. The predicted molar refractivity (Wildman–Crippen MR) is 113 cm³/mol. The van der Waals surface area contributed by atoms with Crippen LogP contribution in [0.4, 0.5) is 5.82 Å². The highest BCUT2D eigenvalue weighted by molar-refractivity contribution is 7.20. The predicted octanol–water partition coefficient (Wildman–Crippen LogP) is 4.01. The van der Waals surface area contributed by atoms with Gasteiger partial charge in [0, 0.05) is 18.1 Å². The van der Waals surface area contributed by atoms with Crippen LogP contribution in [0.15, 0.2) is 30.1 Å². The van der Waals surface area contributed by atoms with Crippen molar-refractivity contribution < 1.29 is 4.79 Å². The van der Waals surface area contributed by atoms with Crippen molar-refractivity contribution in [1.82, 2.24) is 20.3 Å². The molecule has 0 saturated heterocycles. The molecule has 6 nitrogen and oxygen atoms in total. The quantitative estimate of drug-likeness (QED) is 0.599. The van der Waals surface area contributed by atoms with Crippen molar-refractivity contribution >= 4 is 44.6 Å². The second kappa shape index (κ2) is 7.25. The highest BCUT2D eigenvalue weighted by atomic mass is 32.1. The van der Waals surface area contributed by atoms with Gasteiger partial charge >= 0.3 is 0 Å². The second-order valence-corrected chi connectivity index (χ2v) is 9.47. The zero-order valence-corrected chi connectivity index (χ0v) is 17.1. The Morgan fingerprint density at radius 3 is 2.93 bits per heavy atom. The summed E-state index contributed by atoms with van der Waals surface area (Å²) in [5.74, 6) is 2.88. The Balaban J connectivity index is 1.34. The molecule has 144 valence electrons. The summed E-state index contributed by atoms with van der Waals surface area (Å²) in [4.78, 5) is 27.3. The summed E-state index contributed by atoms with van der Waals surface area (Å²) >= 11 is 2.96. The number of nitrogens with zero attached hydrogens (tertiary/aromatic N) is 3. The Morgan fingerprint density at radius 2 is 2.18 bits per heavy atom. The van der Waals surface area contributed by atoms with Gasteiger partial charge in [-0.05, 0) is 43.1 Å². The Kier molecular flexibility index (Phi) is 4.60. The van der Waals surface area contributed by atoms with E-state index in [1.54, 1.807) is 12.5 Å². The SMILES string of the molecule is Cc1c(C(=O)NCc2nccs2)sc2ncnc(NC[C@H]3C[C@@H]4C=C[C@H]3C4)c12. The lowest BCUT2D eigenvalue weighted by Gasteiger charge is -2.19. The first-order valence-corrected chi connectivity index (χ1v) is 11.2. The lowest BCUT2D eigenvalue weighted by Crippen LogP contribution is -2.22. The standard InChI is InChI=1S/C20H21N5OS2/c1-11-16-18(22-8-14-7-12-2-3-13(14)6-12)24-10-25-20(16)28-17(11)19(26)23-9-15-21-4-5-27-15/h2-5,10,12-14H,6-9H2,1H3,(H,23,26)(H,22,24,25)/t12-,13+,14-/m1/s1. The van der Waals surface area contributed by atoms with Gasteiger partial charge < -0.3 is 10.6 Å². The highest BCUT2D eigenvalue weighted by Gasteiger charge is 2.35. The molecule has 28 heavy (non-hydrogen) atoms. The molecule has 2 N–H and O–H groups in total. The third-order valence-electron chi connectivity index (χ3n) is 5.76. The van der Waals surface area contributed by atoms with Crippen molar-refractivity contribution in [3.05, 3.63) is 45.5 Å². The summed E-state index contributed by atoms with van der Waals surface area (Å²) in [6.07, 6.45) is 10.6. The van der Waals surface area contributed by atoms with E-state index in [0.29, 0.717) is 23.3 Å². The van der Waals surface area contributed by atoms with Crippen molar-refractivity contribution in [3.8, 4) is 0 Å². The normalized spacial score (nSPS) is 22.8. The number of rotatable bonds is 6. The molecule has 0 unspecified atom stereocenters. The fraction of sp³-hybridized carbons (Fsp3) is 0.400. The van der Waals surface area contributed by atoms with Crippen molar-refractivity contribution in [2.75, 3.05) is 11.9 Å². The minimum Gasteiger partial charge on any atom is -0.369 e. The zero-order chi connectivity index (χ0) is 19.1. The highest BCUT2D eigenvalue weighted by Crippen LogP contribution is 2.43. The summed E-state index contributed by atoms with van der Waals surface area (Å²) in [5.41, 5.74) is 0.938. The minimum atomic E-state index is -0.0834. The zero-order valence-electron chi connectivity index (χ0n) is 15.5. The first-order valence-electron chi connectivity index (χ1n) is 9.52. The van der Waals surface area contributed by atoms with Crippen molar-refractivity contribution in [1.29, 1.82) is 0 Å². The van der Waals surface area contributed by atoms with E-state index < -0.39 is 0 Å². The molecule has 2 bridgehead atoms. The maximum atomic E-state index is 12.7. The molecule has 3 atom stereocenters. The smallest absolute Gasteiger partial charge is 0.262 e. The van der Waals surface area contributed by atoms with E-state index in [9.17, 15) is 4.79 Å². The van der Waals surface area contributed by atoms with E-state index in [2.05, 4.69) is 37.7 Å². The van der Waals surface area contributed by atoms with Crippen molar-refractivity contribution in [2.45, 2.75) is 26.3 Å². The van der Waals surface area contributed by atoms with E-state index in [1.807, 2.05) is 12.3 Å². The molecule has 0 spiro atoms. The largest absolute Gasteiger partial charge is 0.369 e. The summed E-state index contributed by atoms with van der Waals surface area (Å²) in [6, 6.07) is 0. The number of hydrogen-bond acceptors (Lipinski definition) is 7. The van der Waals surface area contributed by atoms with E-state index in [4.69, 9.17) is 0 Å². The minimum absolute atomic E-state index is 0.0834. The third-order valence-corrected chi connectivity index (χ3v) is 7.74. The first-order chi connectivity index (χ1) is 13.7. The van der Waals surface area contributed by atoms with Crippen LogP contribution < -0.4 is 10.6 Å². The fourth-order valence-corrected chi connectivity index (χ4v) is 5.98. The van der Waals surface area contributed by atoms with Gasteiger partial charge in [0.15, 0.2) is 0 Å². The molecule has 1 amide bonds. The van der Waals surface area contributed by atoms with E-state index in [0.717, 1.165) is 39.1 Å². The van der Waals surface area contributed by atoms with Gasteiger partial charge in [0.25, 0.3) is 5.91 Å². The van der Waals surface area contributed by atoms with Gasteiger partial charge in [0.2, 0.25) is 0 Å². The number of carbonyl (C=O) groups excluding carboxylic acids is 1. The Labute approximate surface area is 171 Å². The topological polar surface area (TPSA) is 79.8 Å². The average molecular weight is 412 g/mol. The Bertz CT molecular complexity index is 1040. The molecule has 3 heterocycles. The van der Waals surface area contributed by atoms with Crippen LogP contribution in [0.3, 0.4) is 0 Å². The molecule has 2 aliphatic rings. The van der Waals surface area contributed by atoms with Crippen LogP contribution in [0.1, 0.15) is 33.1 Å². The Hall–Kier alpha value is -2.32. The number of amides is 1. The number of aryl methyl sites for hydroxylation is 1. The monoisotopic (exact) mass is 411 g/mol. The summed E-state index contributed by atoms with van der Waals surface area (Å²) < 4.78 is 0. The van der Waals surface area contributed by atoms with Crippen LogP contribution in [0.2, 0.25) is 0 Å². The number of aromatic nitrogens is 3. The summed E-state index contributed by atoms with van der Waals surface area (Å²) in [6.45, 7) is 3.34. The van der Waals surface area contributed by atoms with Crippen LogP contribution >= 0.6 is 22.7 Å². The van der Waals surface area contributed by atoms with Gasteiger partial charge in [-0.15, -0.1) is 22.7 Å². The van der Waals surface area contributed by atoms with Gasteiger partial charge in [-0.2, -0.15) is 0 Å². The average Bonchev–Trinajstić information content (AvgIpc) is 3.49. The number of fused-ring (bicyclic) bond motifs is 3. The number of nitrogens with one attached hydrogen (secondary N) is 2. The van der Waals surface area contributed by atoms with Crippen molar-refractivity contribution in [3.63, 3.8) is 0 Å². The maximum Gasteiger partial charge on any atom is 0.262 e. The number of thiophene rings is 1. The Morgan fingerprint density at radius 1 is 1.25 bits per heavy atom. The van der Waals surface area contributed by atoms with Gasteiger partial charge in [-0.1, -0.05) is 12.2 Å². The van der Waals surface area contributed by atoms with Gasteiger partial charge in [-0.3, -0.25) is 4.79 Å². The molecule has 0 aromatic carbocycles. The molecule has 8 heteroatoms. The number of allylic oxidation sites excluding steroid dienone is 2. The molecule has 3 aromatic rings. The molecule has 3 aromatic heterocycles. The van der Waals surface area contributed by atoms with Crippen LogP contribution in [-0.2, 0) is 6.54 Å².